The molecule has 1 aromatic heterocycles. The average molecular weight is 431 g/mol. The Kier molecular flexibility index (Phi) is 5.18. The van der Waals surface area contributed by atoms with Gasteiger partial charge in [-0.05, 0) is 54.6 Å². The molecule has 0 bridgehead atoms. The normalized spacial score (nSPS) is 14.0. The lowest BCUT2D eigenvalue weighted by atomic mass is 10.0. The van der Waals surface area contributed by atoms with Gasteiger partial charge < -0.3 is 5.32 Å². The van der Waals surface area contributed by atoms with Crippen molar-refractivity contribution >= 4 is 23.0 Å². The van der Waals surface area contributed by atoms with Crippen LogP contribution in [0, 0.1) is 11.6 Å². The number of ketones is 1. The van der Waals surface area contributed by atoms with Gasteiger partial charge in [-0.3, -0.25) is 9.69 Å². The number of fused-ring (bicyclic) bond motifs is 1. The average Bonchev–Trinajstić information content (AvgIpc) is 2.85. The van der Waals surface area contributed by atoms with Crippen LogP contribution in [0.1, 0.15) is 11.1 Å². The lowest BCUT2D eigenvalue weighted by molar-refractivity contribution is -0.138. The highest BCUT2D eigenvalue weighted by atomic mass is 19.4. The zero-order valence-electron chi connectivity index (χ0n) is 15.8. The molecule has 158 valence electrons. The predicted molar refractivity (Wildman–Crippen MR) is 105 cm³/mol. The number of pyridine rings is 1. The lowest BCUT2D eigenvalue weighted by Gasteiger charge is -2.28. The van der Waals surface area contributed by atoms with Crippen LogP contribution in [0.25, 0.3) is 0 Å². The first-order valence-corrected chi connectivity index (χ1v) is 9.10. The highest BCUT2D eigenvalue weighted by Crippen LogP contribution is 2.40. The molecule has 0 radical (unpaired) electrons. The number of halogens is 5. The summed E-state index contributed by atoms with van der Waals surface area (Å²) >= 11 is 0. The van der Waals surface area contributed by atoms with Crippen LogP contribution in [0.3, 0.4) is 0 Å². The third-order valence-corrected chi connectivity index (χ3v) is 4.64. The van der Waals surface area contributed by atoms with Crippen molar-refractivity contribution in [1.82, 2.24) is 4.98 Å². The summed E-state index contributed by atoms with van der Waals surface area (Å²) in [6.07, 6.45) is -3.07. The fourth-order valence-electron chi connectivity index (χ4n) is 3.29. The molecule has 9 heteroatoms. The van der Waals surface area contributed by atoms with E-state index in [2.05, 4.69) is 10.3 Å². The van der Waals surface area contributed by atoms with Crippen LogP contribution < -0.4 is 10.2 Å². The molecule has 0 atom stereocenters. The third kappa shape index (κ3) is 4.25. The molecule has 0 spiro atoms. The quantitative estimate of drug-likeness (QED) is 0.549. The summed E-state index contributed by atoms with van der Waals surface area (Å²) in [4.78, 5) is 18.0. The van der Waals surface area contributed by atoms with E-state index in [0.717, 1.165) is 30.5 Å². The van der Waals surface area contributed by atoms with E-state index in [-0.39, 0.29) is 22.9 Å². The highest BCUT2D eigenvalue weighted by Gasteiger charge is 2.37. The Hall–Kier alpha value is -3.75. The maximum absolute atomic E-state index is 13.6. The maximum Gasteiger partial charge on any atom is 0.416 e. The topological polar surface area (TPSA) is 45.2 Å². The number of anilines is 3. The van der Waals surface area contributed by atoms with E-state index in [1.54, 1.807) is 0 Å². The van der Waals surface area contributed by atoms with Gasteiger partial charge in [0, 0.05) is 35.6 Å². The van der Waals surface area contributed by atoms with Gasteiger partial charge in [-0.15, -0.1) is 0 Å². The number of rotatable bonds is 3. The van der Waals surface area contributed by atoms with E-state index in [1.165, 1.54) is 41.3 Å². The molecule has 0 unspecified atom stereocenters. The molecular weight excluding hydrogens is 417 g/mol. The molecule has 0 aliphatic carbocycles. The Labute approximate surface area is 173 Å². The van der Waals surface area contributed by atoms with Gasteiger partial charge in [-0.25, -0.2) is 13.8 Å². The Morgan fingerprint density at radius 1 is 0.903 bits per heavy atom. The fourth-order valence-corrected chi connectivity index (χ4v) is 3.29. The number of nitrogens with one attached hydrogen (secondary N) is 1. The molecule has 1 N–H and O–H groups in total. The van der Waals surface area contributed by atoms with Crippen molar-refractivity contribution in [2.75, 3.05) is 10.2 Å². The summed E-state index contributed by atoms with van der Waals surface area (Å²) in [6, 6.07) is 11.0. The van der Waals surface area contributed by atoms with Crippen LogP contribution >= 0.6 is 0 Å². The SMILES string of the molecule is O=C1C=C(Nc2ccc(F)cc2)N(c2ccc(F)cc2)c2nccc(C(F)(F)F)c2C1. The number of aromatic nitrogens is 1. The predicted octanol–water partition coefficient (Wildman–Crippen LogP) is 5.60. The Balaban J connectivity index is 1.90. The lowest BCUT2D eigenvalue weighted by Crippen LogP contribution is -2.24. The minimum atomic E-state index is -4.70. The minimum Gasteiger partial charge on any atom is -0.341 e. The first kappa shape index (κ1) is 20.5. The van der Waals surface area contributed by atoms with E-state index in [0.29, 0.717) is 5.69 Å². The summed E-state index contributed by atoms with van der Waals surface area (Å²) in [5.41, 5.74) is -0.598. The molecule has 4 nitrogen and oxygen atoms in total. The van der Waals surface area contributed by atoms with E-state index in [4.69, 9.17) is 0 Å². The minimum absolute atomic E-state index is 0.0915. The summed E-state index contributed by atoms with van der Waals surface area (Å²) < 4.78 is 67.6. The molecule has 3 aromatic rings. The molecule has 2 aromatic carbocycles. The number of nitrogens with zero attached hydrogens (tertiary/aromatic N) is 2. The molecule has 1 aliphatic heterocycles. The standard InChI is InChI=1S/C22H14F5N3O/c23-13-1-5-15(6-2-13)29-20-12-17(31)11-18-19(22(25,26)27)9-10-28-21(18)30(20)16-7-3-14(24)4-8-16/h1-10,12,29H,11H2. The van der Waals surface area contributed by atoms with E-state index < -0.39 is 35.6 Å². The number of hydrogen-bond donors (Lipinski definition) is 1. The van der Waals surface area contributed by atoms with Crippen molar-refractivity contribution in [3.05, 3.63) is 95.5 Å². The Morgan fingerprint density at radius 2 is 1.52 bits per heavy atom. The molecule has 0 saturated carbocycles. The van der Waals surface area contributed by atoms with Crippen LogP contribution in [0.4, 0.5) is 39.1 Å². The van der Waals surface area contributed by atoms with Crippen molar-refractivity contribution < 1.29 is 26.7 Å². The second-order valence-corrected chi connectivity index (χ2v) is 6.77. The van der Waals surface area contributed by atoms with Crippen molar-refractivity contribution in [1.29, 1.82) is 0 Å². The van der Waals surface area contributed by atoms with E-state index in [1.807, 2.05) is 0 Å². The Bertz CT molecular complexity index is 1160. The highest BCUT2D eigenvalue weighted by molar-refractivity contribution is 5.97. The zero-order chi connectivity index (χ0) is 22.2. The molecule has 4 rings (SSSR count). The number of hydrogen-bond acceptors (Lipinski definition) is 4. The molecule has 31 heavy (non-hydrogen) atoms. The first-order chi connectivity index (χ1) is 14.7. The van der Waals surface area contributed by atoms with Crippen LogP contribution in [0.5, 0.6) is 0 Å². The van der Waals surface area contributed by atoms with Gasteiger partial charge in [-0.1, -0.05) is 0 Å². The molecule has 0 fully saturated rings. The second kappa shape index (κ2) is 7.82. The monoisotopic (exact) mass is 431 g/mol. The molecule has 0 saturated heterocycles. The molecular formula is C22H14F5N3O. The van der Waals surface area contributed by atoms with Gasteiger partial charge in [0.15, 0.2) is 5.78 Å². The van der Waals surface area contributed by atoms with E-state index in [9.17, 15) is 26.7 Å². The molecule has 2 heterocycles. The van der Waals surface area contributed by atoms with Crippen LogP contribution in [0.15, 0.2) is 72.7 Å². The summed E-state index contributed by atoms with van der Waals surface area (Å²) in [5, 5.41) is 2.93. The third-order valence-electron chi connectivity index (χ3n) is 4.64. The van der Waals surface area contributed by atoms with Gasteiger partial charge in [-0.2, -0.15) is 13.2 Å². The number of carbonyl (C=O) groups is 1. The smallest absolute Gasteiger partial charge is 0.341 e. The summed E-state index contributed by atoms with van der Waals surface area (Å²) in [5.74, 6) is -1.63. The van der Waals surface area contributed by atoms with Crippen LogP contribution in [0.2, 0.25) is 0 Å². The summed E-state index contributed by atoms with van der Waals surface area (Å²) in [6.45, 7) is 0. The zero-order valence-corrected chi connectivity index (χ0v) is 15.8. The van der Waals surface area contributed by atoms with Crippen LogP contribution in [-0.4, -0.2) is 10.8 Å². The molecule has 0 amide bonds. The number of benzene rings is 2. The van der Waals surface area contributed by atoms with Crippen molar-refractivity contribution in [2.24, 2.45) is 0 Å². The van der Waals surface area contributed by atoms with E-state index >= 15 is 0 Å². The van der Waals surface area contributed by atoms with Gasteiger partial charge in [0.1, 0.15) is 23.3 Å². The second-order valence-electron chi connectivity index (χ2n) is 6.77. The van der Waals surface area contributed by atoms with Gasteiger partial charge in [0.05, 0.1) is 5.56 Å². The van der Waals surface area contributed by atoms with Crippen LogP contribution in [-0.2, 0) is 17.4 Å². The largest absolute Gasteiger partial charge is 0.416 e. The Morgan fingerprint density at radius 3 is 2.13 bits per heavy atom. The van der Waals surface area contributed by atoms with Crippen molar-refractivity contribution in [2.45, 2.75) is 12.6 Å². The summed E-state index contributed by atoms with van der Waals surface area (Å²) in [7, 11) is 0. The number of allylic oxidation sites excluding steroid dienone is 1. The first-order valence-electron chi connectivity index (χ1n) is 9.10. The van der Waals surface area contributed by atoms with Crippen molar-refractivity contribution in [3.63, 3.8) is 0 Å². The van der Waals surface area contributed by atoms with Gasteiger partial charge in [0.2, 0.25) is 0 Å². The van der Waals surface area contributed by atoms with Gasteiger partial charge >= 0.3 is 6.18 Å². The van der Waals surface area contributed by atoms with Gasteiger partial charge in [0.25, 0.3) is 0 Å². The molecule has 1 aliphatic rings. The van der Waals surface area contributed by atoms with Crippen molar-refractivity contribution in [3.8, 4) is 0 Å². The number of alkyl halides is 3. The maximum atomic E-state index is 13.6. The fraction of sp³-hybridized carbons (Fsp3) is 0.0909. The number of carbonyl (C=O) groups excluding carboxylic acids is 1.